The van der Waals surface area contributed by atoms with E-state index in [0.29, 0.717) is 30.0 Å². The van der Waals surface area contributed by atoms with E-state index in [1.165, 1.54) is 0 Å². The van der Waals surface area contributed by atoms with E-state index in [1.807, 2.05) is 0 Å². The van der Waals surface area contributed by atoms with Crippen molar-refractivity contribution in [2.45, 2.75) is 6.04 Å². The molecule has 100 valence electrons. The van der Waals surface area contributed by atoms with Crippen LogP contribution >= 0.6 is 11.6 Å². The highest BCUT2D eigenvalue weighted by atomic mass is 35.5. The second kappa shape index (κ2) is 4.63. The summed E-state index contributed by atoms with van der Waals surface area (Å²) in [5.74, 6) is 0.0712. The number of nitrogens with one attached hydrogen (secondary N) is 1. The molecule has 0 saturated carbocycles. The monoisotopic (exact) mass is 282 g/mol. The summed E-state index contributed by atoms with van der Waals surface area (Å²) in [4.78, 5) is 21.5. The second-order valence-corrected chi connectivity index (χ2v) is 4.47. The predicted molar refractivity (Wildman–Crippen MR) is 67.8 cm³/mol. The summed E-state index contributed by atoms with van der Waals surface area (Å²) in [5.41, 5.74) is 5.91. The molecule has 0 spiro atoms. The van der Waals surface area contributed by atoms with Gasteiger partial charge in [-0.3, -0.25) is 9.89 Å². The highest BCUT2D eigenvalue weighted by molar-refractivity contribution is 6.28. The molecule has 1 saturated heterocycles. The van der Waals surface area contributed by atoms with Gasteiger partial charge in [0, 0.05) is 6.54 Å². The molecule has 0 aliphatic carbocycles. The van der Waals surface area contributed by atoms with Crippen LogP contribution in [0.25, 0.3) is 11.0 Å². The third-order valence-corrected chi connectivity index (χ3v) is 3.16. The summed E-state index contributed by atoms with van der Waals surface area (Å²) >= 11 is 5.88. The van der Waals surface area contributed by atoms with E-state index < -0.39 is 11.9 Å². The molecule has 0 radical (unpaired) electrons. The summed E-state index contributed by atoms with van der Waals surface area (Å²) in [6.07, 6.45) is 1.59. The zero-order valence-corrected chi connectivity index (χ0v) is 10.6. The van der Waals surface area contributed by atoms with Crippen LogP contribution in [0.3, 0.4) is 0 Å². The number of fused-ring (bicyclic) bond motifs is 1. The number of ether oxygens (including phenoxy) is 1. The lowest BCUT2D eigenvalue weighted by atomic mass is 10.2. The third kappa shape index (κ3) is 2.08. The van der Waals surface area contributed by atoms with E-state index in [1.54, 1.807) is 11.1 Å². The Morgan fingerprint density at radius 3 is 3.21 bits per heavy atom. The second-order valence-electron chi connectivity index (χ2n) is 4.14. The fourth-order valence-electron chi connectivity index (χ4n) is 2.10. The quantitative estimate of drug-likeness (QED) is 0.732. The maximum Gasteiger partial charge on any atom is 0.242 e. The molecule has 3 heterocycles. The molecule has 8 nitrogen and oxygen atoms in total. The Bertz CT molecular complexity index is 630. The molecule has 9 heteroatoms. The molecule has 1 fully saturated rings. The van der Waals surface area contributed by atoms with Crippen molar-refractivity contribution in [1.29, 1.82) is 0 Å². The van der Waals surface area contributed by atoms with Gasteiger partial charge in [-0.1, -0.05) is 0 Å². The lowest BCUT2D eigenvalue weighted by Gasteiger charge is -2.34. The SMILES string of the molecule is NC(=O)C1COCCN1c1nc(Cl)nc2[nH]ncc12. The van der Waals surface area contributed by atoms with Crippen molar-refractivity contribution in [3.63, 3.8) is 0 Å². The number of hydrogen-bond acceptors (Lipinski definition) is 6. The Morgan fingerprint density at radius 2 is 2.42 bits per heavy atom. The van der Waals surface area contributed by atoms with E-state index in [0.717, 1.165) is 0 Å². The van der Waals surface area contributed by atoms with Crippen molar-refractivity contribution in [3.8, 4) is 0 Å². The Morgan fingerprint density at radius 1 is 1.58 bits per heavy atom. The first kappa shape index (κ1) is 12.1. The first-order valence-electron chi connectivity index (χ1n) is 5.67. The Labute approximate surface area is 112 Å². The molecule has 19 heavy (non-hydrogen) atoms. The average molecular weight is 283 g/mol. The molecule has 1 aliphatic rings. The fourth-order valence-corrected chi connectivity index (χ4v) is 2.27. The molecule has 1 unspecified atom stereocenters. The average Bonchev–Trinajstić information content (AvgIpc) is 2.85. The molecule has 2 aromatic rings. The third-order valence-electron chi connectivity index (χ3n) is 2.99. The number of nitrogens with two attached hydrogens (primary N) is 1. The van der Waals surface area contributed by atoms with Crippen LogP contribution in [0.1, 0.15) is 0 Å². The highest BCUT2D eigenvalue weighted by Gasteiger charge is 2.30. The molecular formula is C10H11ClN6O2. The predicted octanol–water partition coefficient (Wildman–Crippen LogP) is -0.303. The van der Waals surface area contributed by atoms with Crippen LogP contribution in [0, 0.1) is 0 Å². The number of halogens is 1. The molecule has 2 aromatic heterocycles. The van der Waals surface area contributed by atoms with Crippen LogP contribution in [0.5, 0.6) is 0 Å². The number of rotatable bonds is 2. The number of nitrogens with zero attached hydrogens (tertiary/aromatic N) is 4. The summed E-state index contributed by atoms with van der Waals surface area (Å²) in [6, 6.07) is -0.571. The number of amides is 1. The number of aromatic amines is 1. The topological polar surface area (TPSA) is 110 Å². The Hall–Kier alpha value is -1.93. The van der Waals surface area contributed by atoms with Gasteiger partial charge in [-0.15, -0.1) is 0 Å². The number of carbonyl (C=O) groups is 1. The minimum atomic E-state index is -0.571. The first-order chi connectivity index (χ1) is 9.16. The number of anilines is 1. The summed E-state index contributed by atoms with van der Waals surface area (Å²) in [7, 11) is 0. The molecule has 0 aromatic carbocycles. The maximum atomic E-state index is 11.5. The van der Waals surface area contributed by atoms with Gasteiger partial charge in [0.1, 0.15) is 11.9 Å². The standard InChI is InChI=1S/C10H11ClN6O2/c11-10-14-8-5(3-13-16-8)9(15-10)17-1-2-19-4-6(17)7(12)18/h3,6H,1-2,4H2,(H2,12,18)(H,13,14,15,16). The van der Waals surface area contributed by atoms with Gasteiger partial charge in [-0.05, 0) is 11.6 Å². The van der Waals surface area contributed by atoms with Crippen molar-refractivity contribution in [2.75, 3.05) is 24.7 Å². The van der Waals surface area contributed by atoms with Gasteiger partial charge < -0.3 is 15.4 Å². The summed E-state index contributed by atoms with van der Waals surface area (Å²) in [6.45, 7) is 1.22. The molecule has 3 rings (SSSR count). The van der Waals surface area contributed by atoms with Gasteiger partial charge >= 0.3 is 0 Å². The lowest BCUT2D eigenvalue weighted by Crippen LogP contribution is -2.53. The fraction of sp³-hybridized carbons (Fsp3) is 0.400. The van der Waals surface area contributed by atoms with E-state index in [4.69, 9.17) is 22.1 Å². The minimum absolute atomic E-state index is 0.0847. The Balaban J connectivity index is 2.11. The molecule has 1 atom stereocenters. The van der Waals surface area contributed by atoms with Crippen LogP contribution in [-0.4, -0.2) is 51.9 Å². The summed E-state index contributed by atoms with van der Waals surface area (Å²) in [5, 5.41) is 7.41. The summed E-state index contributed by atoms with van der Waals surface area (Å²) < 4.78 is 5.28. The number of primary amides is 1. The number of H-pyrrole nitrogens is 1. The molecule has 1 aliphatic heterocycles. The van der Waals surface area contributed by atoms with E-state index in [9.17, 15) is 4.79 Å². The van der Waals surface area contributed by atoms with Crippen molar-refractivity contribution in [3.05, 3.63) is 11.5 Å². The van der Waals surface area contributed by atoms with E-state index in [2.05, 4.69) is 20.2 Å². The smallest absolute Gasteiger partial charge is 0.242 e. The number of aromatic nitrogens is 4. The molecule has 1 amide bonds. The van der Waals surface area contributed by atoms with Gasteiger partial charge in [0.15, 0.2) is 5.65 Å². The number of hydrogen-bond donors (Lipinski definition) is 2. The van der Waals surface area contributed by atoms with Crippen molar-refractivity contribution in [2.24, 2.45) is 5.73 Å². The van der Waals surface area contributed by atoms with Gasteiger partial charge in [0.25, 0.3) is 0 Å². The van der Waals surface area contributed by atoms with Crippen LogP contribution in [0.15, 0.2) is 6.20 Å². The maximum absolute atomic E-state index is 11.5. The highest BCUT2D eigenvalue weighted by Crippen LogP contribution is 2.26. The number of carbonyl (C=O) groups excluding carboxylic acids is 1. The lowest BCUT2D eigenvalue weighted by molar-refractivity contribution is -0.121. The van der Waals surface area contributed by atoms with Gasteiger partial charge in [-0.2, -0.15) is 15.1 Å². The Kier molecular flexibility index (Phi) is 2.96. The first-order valence-corrected chi connectivity index (χ1v) is 6.05. The van der Waals surface area contributed by atoms with Crippen LogP contribution in [0.2, 0.25) is 5.28 Å². The molecular weight excluding hydrogens is 272 g/mol. The minimum Gasteiger partial charge on any atom is -0.377 e. The van der Waals surface area contributed by atoms with Crippen LogP contribution < -0.4 is 10.6 Å². The van der Waals surface area contributed by atoms with Gasteiger partial charge in [0.05, 0.1) is 24.8 Å². The zero-order chi connectivity index (χ0) is 13.4. The van der Waals surface area contributed by atoms with E-state index in [-0.39, 0.29) is 11.9 Å². The van der Waals surface area contributed by atoms with Gasteiger partial charge in [-0.25, -0.2) is 0 Å². The van der Waals surface area contributed by atoms with Gasteiger partial charge in [0.2, 0.25) is 11.2 Å². The van der Waals surface area contributed by atoms with Crippen LogP contribution in [0.4, 0.5) is 5.82 Å². The zero-order valence-electron chi connectivity index (χ0n) is 9.84. The molecule has 3 N–H and O–H groups in total. The number of morpholine rings is 1. The van der Waals surface area contributed by atoms with E-state index >= 15 is 0 Å². The molecule has 0 bridgehead atoms. The normalized spacial score (nSPS) is 19.8. The largest absolute Gasteiger partial charge is 0.377 e. The van der Waals surface area contributed by atoms with Crippen molar-refractivity contribution in [1.82, 2.24) is 20.2 Å². The van der Waals surface area contributed by atoms with Crippen molar-refractivity contribution < 1.29 is 9.53 Å². The van der Waals surface area contributed by atoms with Crippen LogP contribution in [-0.2, 0) is 9.53 Å². The van der Waals surface area contributed by atoms with Crippen molar-refractivity contribution >= 4 is 34.4 Å².